The van der Waals surface area contributed by atoms with Crippen LogP contribution in [-0.2, 0) is 10.0 Å². The van der Waals surface area contributed by atoms with Crippen LogP contribution >= 0.6 is 11.6 Å². The van der Waals surface area contributed by atoms with Gasteiger partial charge in [-0.1, -0.05) is 17.7 Å². The number of hydrogen-bond acceptors (Lipinski definition) is 5. The number of rotatable bonds is 6. The second-order valence-corrected chi connectivity index (χ2v) is 8.21. The fourth-order valence-corrected chi connectivity index (χ4v) is 3.81. The van der Waals surface area contributed by atoms with Crippen LogP contribution in [0, 0.1) is 5.82 Å². The molecule has 3 aromatic rings. The average molecular weight is 451 g/mol. The highest BCUT2D eigenvalue weighted by molar-refractivity contribution is 7.92. The van der Waals surface area contributed by atoms with Crippen LogP contribution in [0.1, 0.15) is 10.4 Å². The van der Waals surface area contributed by atoms with Gasteiger partial charge < -0.3 is 15.2 Å². The molecule has 3 N–H and O–H groups in total. The Morgan fingerprint density at radius 1 is 1.10 bits per heavy atom. The molecule has 3 rings (SSSR count). The van der Waals surface area contributed by atoms with Gasteiger partial charge in [0.25, 0.3) is 15.9 Å². The number of anilines is 2. The summed E-state index contributed by atoms with van der Waals surface area (Å²) in [5.41, 5.74) is -0.272. The summed E-state index contributed by atoms with van der Waals surface area (Å²) in [7, 11) is -2.69. The number of amides is 1. The van der Waals surface area contributed by atoms with Gasteiger partial charge in [-0.3, -0.25) is 9.52 Å². The lowest BCUT2D eigenvalue weighted by molar-refractivity contribution is 0.102. The fraction of sp³-hybridized carbons (Fsp3) is 0.0500. The van der Waals surface area contributed by atoms with Crippen molar-refractivity contribution in [3.05, 3.63) is 77.1 Å². The van der Waals surface area contributed by atoms with Crippen LogP contribution in [0.2, 0.25) is 5.02 Å². The minimum atomic E-state index is -4.05. The van der Waals surface area contributed by atoms with Crippen molar-refractivity contribution in [2.45, 2.75) is 4.90 Å². The molecule has 0 aliphatic carbocycles. The van der Waals surface area contributed by atoms with Crippen molar-refractivity contribution in [2.75, 3.05) is 17.1 Å². The molecule has 0 aliphatic heterocycles. The lowest BCUT2D eigenvalue weighted by Crippen LogP contribution is -2.16. The van der Waals surface area contributed by atoms with E-state index in [0.29, 0.717) is 5.02 Å². The number of ether oxygens (including phenoxy) is 1. The van der Waals surface area contributed by atoms with Gasteiger partial charge in [0, 0.05) is 11.1 Å². The molecule has 0 aliphatic rings. The molecule has 3 aromatic carbocycles. The maximum atomic E-state index is 14.1. The smallest absolute Gasteiger partial charge is 0.261 e. The summed E-state index contributed by atoms with van der Waals surface area (Å²) in [5.74, 6) is -1.87. The maximum Gasteiger partial charge on any atom is 0.261 e. The number of carbonyl (C=O) groups excluding carboxylic acids is 1. The number of aromatic hydroxyl groups is 1. The molecule has 0 unspecified atom stereocenters. The zero-order valence-electron chi connectivity index (χ0n) is 15.5. The molecule has 156 valence electrons. The van der Waals surface area contributed by atoms with Gasteiger partial charge >= 0.3 is 0 Å². The first-order valence-electron chi connectivity index (χ1n) is 8.46. The first-order valence-corrected chi connectivity index (χ1v) is 10.3. The van der Waals surface area contributed by atoms with E-state index in [1.807, 2.05) is 0 Å². The van der Waals surface area contributed by atoms with Crippen molar-refractivity contribution in [3.8, 4) is 11.5 Å². The van der Waals surface area contributed by atoms with E-state index < -0.39 is 21.7 Å². The normalized spacial score (nSPS) is 11.0. The van der Waals surface area contributed by atoms with Crippen LogP contribution in [0.15, 0.2) is 65.6 Å². The minimum Gasteiger partial charge on any atom is -0.506 e. The molecular weight excluding hydrogens is 435 g/mol. The Balaban J connectivity index is 1.87. The molecule has 0 radical (unpaired) electrons. The number of methoxy groups -OCH3 is 1. The molecule has 0 fully saturated rings. The van der Waals surface area contributed by atoms with Crippen molar-refractivity contribution in [3.63, 3.8) is 0 Å². The summed E-state index contributed by atoms with van der Waals surface area (Å²) in [4.78, 5) is 12.2. The van der Waals surface area contributed by atoms with Gasteiger partial charge in [0.05, 0.1) is 28.9 Å². The molecule has 0 saturated heterocycles. The van der Waals surface area contributed by atoms with E-state index in [0.717, 1.165) is 24.3 Å². The molecule has 7 nitrogen and oxygen atoms in total. The predicted molar refractivity (Wildman–Crippen MR) is 111 cm³/mol. The zero-order valence-corrected chi connectivity index (χ0v) is 17.1. The van der Waals surface area contributed by atoms with Crippen LogP contribution in [0.4, 0.5) is 15.8 Å². The summed E-state index contributed by atoms with van der Waals surface area (Å²) < 4.78 is 46.6. The SMILES string of the molecule is COc1ccc(C(=O)Nc2cc(S(=O)(=O)Nc3cccc(Cl)c3)ccc2O)c(F)c1. The Bertz CT molecular complexity index is 1220. The van der Waals surface area contributed by atoms with Crippen LogP contribution < -0.4 is 14.8 Å². The standard InChI is InChI=1S/C20H16ClFN2O5S/c1-29-14-5-7-16(17(22)10-14)20(26)23-18-11-15(6-8-19(18)25)30(27,28)24-13-4-2-3-12(21)9-13/h2-11,24-25H,1H3,(H,23,26). The van der Waals surface area contributed by atoms with E-state index >= 15 is 0 Å². The summed E-state index contributed by atoms with van der Waals surface area (Å²) in [6, 6.07) is 13.1. The van der Waals surface area contributed by atoms with E-state index in [-0.39, 0.29) is 33.3 Å². The van der Waals surface area contributed by atoms with Gasteiger partial charge in [0.1, 0.15) is 17.3 Å². The molecule has 0 bridgehead atoms. The van der Waals surface area contributed by atoms with Crippen LogP contribution in [0.3, 0.4) is 0 Å². The lowest BCUT2D eigenvalue weighted by Gasteiger charge is -2.12. The zero-order chi connectivity index (χ0) is 21.9. The largest absolute Gasteiger partial charge is 0.506 e. The molecule has 30 heavy (non-hydrogen) atoms. The summed E-state index contributed by atoms with van der Waals surface area (Å²) >= 11 is 5.86. The number of nitrogens with one attached hydrogen (secondary N) is 2. The topological polar surface area (TPSA) is 105 Å². The quantitative estimate of drug-likeness (QED) is 0.487. The van der Waals surface area contributed by atoms with Crippen LogP contribution in [0.25, 0.3) is 0 Å². The summed E-state index contributed by atoms with van der Waals surface area (Å²) in [5, 5.41) is 12.7. The minimum absolute atomic E-state index is 0.204. The van der Waals surface area contributed by atoms with Gasteiger partial charge in [-0.05, 0) is 48.5 Å². The molecule has 0 heterocycles. The fourth-order valence-electron chi connectivity index (χ4n) is 2.55. The van der Waals surface area contributed by atoms with Gasteiger partial charge in [-0.15, -0.1) is 0 Å². The van der Waals surface area contributed by atoms with Crippen molar-refractivity contribution in [2.24, 2.45) is 0 Å². The van der Waals surface area contributed by atoms with E-state index in [2.05, 4.69) is 10.0 Å². The van der Waals surface area contributed by atoms with E-state index in [4.69, 9.17) is 16.3 Å². The number of benzene rings is 3. The Morgan fingerprint density at radius 3 is 2.53 bits per heavy atom. The van der Waals surface area contributed by atoms with E-state index in [1.165, 1.54) is 31.4 Å². The highest BCUT2D eigenvalue weighted by Gasteiger charge is 2.19. The molecule has 0 spiro atoms. The monoisotopic (exact) mass is 450 g/mol. The van der Waals surface area contributed by atoms with Crippen molar-refractivity contribution in [1.29, 1.82) is 0 Å². The van der Waals surface area contributed by atoms with Gasteiger partial charge in [0.15, 0.2) is 0 Å². The predicted octanol–water partition coefficient (Wildman–Crippen LogP) is 4.25. The average Bonchev–Trinajstić information content (AvgIpc) is 2.69. The highest BCUT2D eigenvalue weighted by Crippen LogP contribution is 2.29. The molecule has 10 heteroatoms. The Morgan fingerprint density at radius 2 is 1.87 bits per heavy atom. The van der Waals surface area contributed by atoms with Crippen molar-refractivity contribution < 1.29 is 27.4 Å². The number of phenolic OH excluding ortho intramolecular Hbond substituents is 1. The number of halogens is 2. The van der Waals surface area contributed by atoms with Gasteiger partial charge in [-0.2, -0.15) is 0 Å². The second kappa shape index (κ2) is 8.60. The Kier molecular flexibility index (Phi) is 6.14. The first-order chi connectivity index (χ1) is 14.2. The Labute approximate surface area is 177 Å². The summed E-state index contributed by atoms with van der Waals surface area (Å²) in [6.45, 7) is 0. The Hall–Kier alpha value is -3.30. The summed E-state index contributed by atoms with van der Waals surface area (Å²) in [6.07, 6.45) is 0. The lowest BCUT2D eigenvalue weighted by atomic mass is 10.2. The van der Waals surface area contributed by atoms with E-state index in [1.54, 1.807) is 12.1 Å². The number of hydrogen-bond donors (Lipinski definition) is 3. The number of carbonyl (C=O) groups is 1. The molecule has 0 aromatic heterocycles. The van der Waals surface area contributed by atoms with Gasteiger partial charge in [0.2, 0.25) is 0 Å². The molecular formula is C20H16ClFN2O5S. The maximum absolute atomic E-state index is 14.1. The highest BCUT2D eigenvalue weighted by atomic mass is 35.5. The third-order valence-corrected chi connectivity index (χ3v) is 5.64. The number of sulfonamides is 1. The van der Waals surface area contributed by atoms with Crippen molar-refractivity contribution in [1.82, 2.24) is 0 Å². The molecule has 1 amide bonds. The molecule has 0 atom stereocenters. The van der Waals surface area contributed by atoms with Crippen LogP contribution in [-0.4, -0.2) is 26.5 Å². The second-order valence-electron chi connectivity index (χ2n) is 6.09. The number of phenols is 1. The van der Waals surface area contributed by atoms with E-state index in [9.17, 15) is 22.7 Å². The van der Waals surface area contributed by atoms with Gasteiger partial charge in [-0.25, -0.2) is 12.8 Å². The van der Waals surface area contributed by atoms with Crippen molar-refractivity contribution >= 4 is 38.9 Å². The first kappa shape index (κ1) is 21.4. The third kappa shape index (κ3) is 4.81. The third-order valence-electron chi connectivity index (χ3n) is 4.02. The van der Waals surface area contributed by atoms with Crippen LogP contribution in [0.5, 0.6) is 11.5 Å². The molecule has 0 saturated carbocycles.